The van der Waals surface area contributed by atoms with Crippen LogP contribution in [0.3, 0.4) is 0 Å². The lowest BCUT2D eigenvalue weighted by atomic mass is 9.33. The summed E-state index contributed by atoms with van der Waals surface area (Å²) in [6.45, 7) is 28.8. The minimum atomic E-state index is -0.0676. The molecule has 0 saturated heterocycles. The second kappa shape index (κ2) is 16.2. The van der Waals surface area contributed by atoms with Crippen molar-refractivity contribution >= 4 is 100 Å². The van der Waals surface area contributed by atoms with E-state index in [9.17, 15) is 0 Å². The Balaban J connectivity index is 1.13. The number of fused-ring (bicyclic) bond motifs is 10. The molecule has 370 valence electrons. The summed E-state index contributed by atoms with van der Waals surface area (Å²) in [4.78, 5) is 8.09. The van der Waals surface area contributed by atoms with Crippen LogP contribution in [-0.4, -0.2) is 12.3 Å². The summed E-state index contributed by atoms with van der Waals surface area (Å²) in [5, 5.41) is 2.60. The van der Waals surface area contributed by atoms with E-state index in [1.54, 1.807) is 5.56 Å². The fraction of sp³-hybridized carbons (Fsp3) is 0.304. The molecule has 1 aliphatic carbocycles. The molecular formula is C69H70BN3S. The largest absolute Gasteiger partial charge is 0.335 e. The molecule has 2 unspecified atom stereocenters. The quantitative estimate of drug-likeness (QED) is 0.159. The van der Waals surface area contributed by atoms with Gasteiger partial charge in [0.05, 0.1) is 11.2 Å². The first-order valence-corrected chi connectivity index (χ1v) is 28.1. The molecule has 3 aliphatic heterocycles. The zero-order valence-corrected chi connectivity index (χ0v) is 46.5. The van der Waals surface area contributed by atoms with Gasteiger partial charge in [-0.15, -0.1) is 11.3 Å². The third-order valence-electron chi connectivity index (χ3n) is 18.1. The fourth-order valence-corrected chi connectivity index (χ4v) is 14.8. The van der Waals surface area contributed by atoms with Crippen LogP contribution in [0.5, 0.6) is 0 Å². The van der Waals surface area contributed by atoms with Crippen molar-refractivity contribution in [3.05, 3.63) is 186 Å². The zero-order valence-electron chi connectivity index (χ0n) is 45.7. The van der Waals surface area contributed by atoms with E-state index in [1.165, 1.54) is 124 Å². The summed E-state index contributed by atoms with van der Waals surface area (Å²) in [5.41, 5.74) is 23.6. The van der Waals surface area contributed by atoms with Crippen LogP contribution in [0.1, 0.15) is 130 Å². The SMILES string of the molecule is Cc1cc2c3c(c1)N1c4c(cc(C(C)(C)C)cc4C4(C)CCCCC14C)B3c1ccc(N(c3ccc(C(C)(C)C)cc3)c3ccc4sc5ccccc5c4c3)cc1N2c1ccc(C(C)(C)C)cc1-c1ccccc1. The number of anilines is 8. The third kappa shape index (κ3) is 6.97. The van der Waals surface area contributed by atoms with Crippen molar-refractivity contribution in [2.75, 3.05) is 14.7 Å². The Hall–Kier alpha value is -6.56. The van der Waals surface area contributed by atoms with Gasteiger partial charge in [-0.1, -0.05) is 167 Å². The van der Waals surface area contributed by atoms with E-state index < -0.39 is 0 Å². The van der Waals surface area contributed by atoms with Crippen molar-refractivity contribution in [1.29, 1.82) is 0 Å². The minimum absolute atomic E-state index is 0.00821. The summed E-state index contributed by atoms with van der Waals surface area (Å²) in [5.74, 6) is 0. The van der Waals surface area contributed by atoms with Crippen LogP contribution in [0.4, 0.5) is 45.5 Å². The molecule has 0 amide bonds. The van der Waals surface area contributed by atoms with Crippen LogP contribution in [0.2, 0.25) is 0 Å². The second-order valence-corrected chi connectivity index (χ2v) is 26.9. The van der Waals surface area contributed by atoms with Crippen molar-refractivity contribution in [2.45, 2.75) is 136 Å². The van der Waals surface area contributed by atoms with Gasteiger partial charge in [-0.2, -0.15) is 0 Å². The van der Waals surface area contributed by atoms with Gasteiger partial charge in [0.25, 0.3) is 6.71 Å². The molecular weight excluding hydrogens is 914 g/mol. The Kier molecular flexibility index (Phi) is 10.3. The number of aryl methyl sites for hydroxylation is 1. The molecule has 13 rings (SSSR count). The summed E-state index contributed by atoms with van der Waals surface area (Å²) in [6.07, 6.45) is 4.89. The van der Waals surface area contributed by atoms with Crippen LogP contribution >= 0.6 is 11.3 Å². The molecule has 4 heterocycles. The van der Waals surface area contributed by atoms with Crippen LogP contribution in [0, 0.1) is 6.92 Å². The average molecular weight is 984 g/mol. The average Bonchev–Trinajstić information content (AvgIpc) is 3.84. The smallest absolute Gasteiger partial charge is 0.252 e. The Bertz CT molecular complexity index is 3750. The highest BCUT2D eigenvalue weighted by Crippen LogP contribution is 2.62. The molecule has 5 heteroatoms. The van der Waals surface area contributed by atoms with Gasteiger partial charge in [0.2, 0.25) is 0 Å². The van der Waals surface area contributed by atoms with Crippen molar-refractivity contribution in [2.24, 2.45) is 0 Å². The molecule has 1 saturated carbocycles. The van der Waals surface area contributed by atoms with E-state index in [-0.39, 0.29) is 33.9 Å². The first-order valence-electron chi connectivity index (χ1n) is 27.3. The van der Waals surface area contributed by atoms with Gasteiger partial charge in [0.15, 0.2) is 0 Å². The predicted octanol–water partition coefficient (Wildman–Crippen LogP) is 17.7. The minimum Gasteiger partial charge on any atom is -0.335 e. The van der Waals surface area contributed by atoms with Crippen molar-refractivity contribution in [3.8, 4) is 11.1 Å². The first kappa shape index (κ1) is 47.2. The van der Waals surface area contributed by atoms with Gasteiger partial charge in [-0.25, -0.2) is 0 Å². The molecule has 0 spiro atoms. The van der Waals surface area contributed by atoms with Gasteiger partial charge in [0.1, 0.15) is 0 Å². The molecule has 74 heavy (non-hydrogen) atoms. The van der Waals surface area contributed by atoms with Crippen LogP contribution in [-0.2, 0) is 21.7 Å². The molecule has 4 aliphatic rings. The van der Waals surface area contributed by atoms with E-state index in [4.69, 9.17) is 0 Å². The lowest BCUT2D eigenvalue weighted by Crippen LogP contribution is -2.64. The molecule has 0 N–H and O–H groups in total. The van der Waals surface area contributed by atoms with Crippen molar-refractivity contribution in [1.82, 2.24) is 0 Å². The van der Waals surface area contributed by atoms with E-state index in [0.717, 1.165) is 17.1 Å². The highest BCUT2D eigenvalue weighted by atomic mass is 32.1. The zero-order chi connectivity index (χ0) is 51.4. The molecule has 2 atom stereocenters. The molecule has 0 radical (unpaired) electrons. The monoisotopic (exact) mass is 984 g/mol. The standard InChI is InChI=1S/C69H70BN3S/c1-43-36-59-63-60(37-43)73-64-54(68(11)34-18-19-35-69(68,73)12)39-47(67(8,9)10)40-56(64)70(63)55-31-29-50(42-58(55)72(59)57-32-26-46(66(5,6)7)38-52(57)44-20-14-13-15-21-44)71(48-27-24-45(25-28-48)65(2,3)4)49-30-33-62-53(41-49)51-22-16-17-23-61(51)74-62/h13-17,20-33,36-42H,18-19,34-35H2,1-12H3. The Morgan fingerprint density at radius 1 is 0.514 bits per heavy atom. The van der Waals surface area contributed by atoms with Gasteiger partial charge in [-0.05, 0) is 165 Å². The number of hydrogen-bond donors (Lipinski definition) is 0. The number of benzene rings is 8. The maximum Gasteiger partial charge on any atom is 0.252 e. The van der Waals surface area contributed by atoms with Gasteiger partial charge in [0, 0.05) is 71.0 Å². The third-order valence-corrected chi connectivity index (χ3v) is 19.2. The van der Waals surface area contributed by atoms with Crippen molar-refractivity contribution in [3.63, 3.8) is 0 Å². The van der Waals surface area contributed by atoms with Gasteiger partial charge < -0.3 is 14.7 Å². The molecule has 9 aromatic rings. The van der Waals surface area contributed by atoms with E-state index in [1.807, 2.05) is 11.3 Å². The number of rotatable bonds is 5. The number of thiophene rings is 1. The maximum absolute atomic E-state index is 2.89. The first-order chi connectivity index (χ1) is 35.2. The Morgan fingerprint density at radius 3 is 1.89 bits per heavy atom. The molecule has 1 fully saturated rings. The fourth-order valence-electron chi connectivity index (χ4n) is 13.7. The van der Waals surface area contributed by atoms with E-state index in [2.05, 4.69) is 256 Å². The summed E-state index contributed by atoms with van der Waals surface area (Å²) < 4.78 is 2.63. The molecule has 1 aromatic heterocycles. The molecule has 0 bridgehead atoms. The Labute approximate surface area is 445 Å². The summed E-state index contributed by atoms with van der Waals surface area (Å²) in [6, 6.07) is 61.7. The second-order valence-electron chi connectivity index (χ2n) is 25.8. The van der Waals surface area contributed by atoms with Gasteiger partial charge in [-0.3, -0.25) is 0 Å². The molecule has 3 nitrogen and oxygen atoms in total. The summed E-state index contributed by atoms with van der Waals surface area (Å²) in [7, 11) is 0. The van der Waals surface area contributed by atoms with E-state index in [0.29, 0.717) is 0 Å². The summed E-state index contributed by atoms with van der Waals surface area (Å²) >= 11 is 1.88. The highest BCUT2D eigenvalue weighted by Gasteiger charge is 2.61. The number of hydrogen-bond acceptors (Lipinski definition) is 4. The van der Waals surface area contributed by atoms with Crippen LogP contribution in [0.25, 0.3) is 31.3 Å². The normalized spacial score (nSPS) is 18.9. The van der Waals surface area contributed by atoms with Crippen molar-refractivity contribution < 1.29 is 0 Å². The lowest BCUT2D eigenvalue weighted by Gasteiger charge is -2.53. The lowest BCUT2D eigenvalue weighted by molar-refractivity contribution is 0.195. The van der Waals surface area contributed by atoms with Gasteiger partial charge >= 0.3 is 0 Å². The maximum atomic E-state index is 2.89. The Morgan fingerprint density at radius 2 is 1.15 bits per heavy atom. The van der Waals surface area contributed by atoms with E-state index >= 15 is 0 Å². The number of nitrogens with zero attached hydrogens (tertiary/aromatic N) is 3. The topological polar surface area (TPSA) is 9.72 Å². The highest BCUT2D eigenvalue weighted by molar-refractivity contribution is 7.25. The van der Waals surface area contributed by atoms with Crippen LogP contribution in [0.15, 0.2) is 158 Å². The van der Waals surface area contributed by atoms with Crippen LogP contribution < -0.4 is 31.1 Å². The molecule has 8 aromatic carbocycles. The predicted molar refractivity (Wildman–Crippen MR) is 322 cm³/mol.